The number of aliphatic hydroxyl groups excluding tert-OH is 1. The van der Waals surface area contributed by atoms with Gasteiger partial charge in [0.15, 0.2) is 0 Å². The number of nitriles is 1. The quantitative estimate of drug-likeness (QED) is 0.693. The first-order valence-corrected chi connectivity index (χ1v) is 4.87. The highest BCUT2D eigenvalue weighted by molar-refractivity contribution is 6.01. The van der Waals surface area contributed by atoms with Gasteiger partial charge in [0.2, 0.25) is 0 Å². The van der Waals surface area contributed by atoms with E-state index < -0.39 is 11.5 Å². The fraction of sp³-hybridized carbons (Fsp3) is 0.727. The summed E-state index contributed by atoms with van der Waals surface area (Å²) in [6, 6.07) is 1.77. The van der Waals surface area contributed by atoms with E-state index in [9.17, 15) is 14.7 Å². The number of nitrogens with zero attached hydrogens (tertiary/aromatic N) is 1. The normalized spacial score (nSPS) is 13.0. The third-order valence-corrected chi connectivity index (χ3v) is 1.98. The van der Waals surface area contributed by atoms with Crippen molar-refractivity contribution in [2.75, 3.05) is 0 Å². The van der Waals surface area contributed by atoms with Gasteiger partial charge in [0.05, 0.1) is 25.0 Å². The van der Waals surface area contributed by atoms with Gasteiger partial charge >= 0.3 is 0 Å². The van der Waals surface area contributed by atoms with Crippen LogP contribution in [0, 0.1) is 16.7 Å². The topological polar surface area (TPSA) is 78.2 Å². The number of ketones is 2. The lowest BCUT2D eigenvalue weighted by Gasteiger charge is -2.16. The largest absolute Gasteiger partial charge is 0.392 e. The standard InChI is InChI=1S/C11H17NO3/c1-11(2,3)10(15)7-9(14)6-8(13)4-5-12/h8,13H,4,6-7H2,1-3H3/t8-/m1/s1. The predicted molar refractivity (Wildman–Crippen MR) is 54.9 cm³/mol. The van der Waals surface area contributed by atoms with Crippen LogP contribution in [0.4, 0.5) is 0 Å². The molecular weight excluding hydrogens is 194 g/mol. The Morgan fingerprint density at radius 2 is 1.93 bits per heavy atom. The van der Waals surface area contributed by atoms with Crippen LogP contribution < -0.4 is 0 Å². The summed E-state index contributed by atoms with van der Waals surface area (Å²) in [5.74, 6) is -0.450. The van der Waals surface area contributed by atoms with Gasteiger partial charge < -0.3 is 5.11 Å². The highest BCUT2D eigenvalue weighted by Crippen LogP contribution is 2.17. The lowest BCUT2D eigenvalue weighted by Crippen LogP contribution is -2.24. The van der Waals surface area contributed by atoms with E-state index in [1.165, 1.54) is 0 Å². The monoisotopic (exact) mass is 211 g/mol. The molecule has 1 atom stereocenters. The summed E-state index contributed by atoms with van der Waals surface area (Å²) in [6.07, 6.45) is -1.30. The van der Waals surface area contributed by atoms with Gasteiger partial charge in [-0.3, -0.25) is 9.59 Å². The average Bonchev–Trinajstić information content (AvgIpc) is 2.01. The molecule has 0 amide bonds. The smallest absolute Gasteiger partial charge is 0.145 e. The molecule has 0 saturated heterocycles. The van der Waals surface area contributed by atoms with E-state index >= 15 is 0 Å². The molecular formula is C11H17NO3. The van der Waals surface area contributed by atoms with Gasteiger partial charge in [-0.25, -0.2) is 0 Å². The van der Waals surface area contributed by atoms with Gasteiger partial charge in [0, 0.05) is 11.8 Å². The van der Waals surface area contributed by atoms with E-state index in [0.717, 1.165) is 0 Å². The van der Waals surface area contributed by atoms with Crippen molar-refractivity contribution in [3.8, 4) is 6.07 Å². The Bertz CT molecular complexity index is 283. The van der Waals surface area contributed by atoms with E-state index in [1.807, 2.05) is 0 Å². The first-order valence-electron chi connectivity index (χ1n) is 4.87. The van der Waals surface area contributed by atoms with Crippen molar-refractivity contribution in [1.29, 1.82) is 5.26 Å². The zero-order chi connectivity index (χ0) is 12.1. The number of carbonyl (C=O) groups is 2. The lowest BCUT2D eigenvalue weighted by atomic mass is 9.87. The van der Waals surface area contributed by atoms with Gasteiger partial charge in [-0.1, -0.05) is 20.8 Å². The summed E-state index contributed by atoms with van der Waals surface area (Å²) in [7, 11) is 0. The van der Waals surface area contributed by atoms with E-state index in [2.05, 4.69) is 0 Å². The minimum Gasteiger partial charge on any atom is -0.392 e. The molecule has 0 spiro atoms. The van der Waals surface area contributed by atoms with E-state index in [0.29, 0.717) is 0 Å². The van der Waals surface area contributed by atoms with Crippen molar-refractivity contribution in [3.05, 3.63) is 0 Å². The summed E-state index contributed by atoms with van der Waals surface area (Å²) in [5.41, 5.74) is -0.532. The van der Waals surface area contributed by atoms with Crippen molar-refractivity contribution in [2.45, 2.75) is 46.1 Å². The average molecular weight is 211 g/mol. The molecule has 0 aromatic heterocycles. The molecule has 0 aromatic rings. The predicted octanol–water partition coefficient (Wildman–Crippen LogP) is 1.23. The molecule has 0 aliphatic heterocycles. The molecule has 84 valence electrons. The lowest BCUT2D eigenvalue weighted by molar-refractivity contribution is -0.132. The zero-order valence-electron chi connectivity index (χ0n) is 9.41. The maximum absolute atomic E-state index is 11.4. The van der Waals surface area contributed by atoms with Crippen LogP contribution >= 0.6 is 0 Å². The molecule has 0 radical (unpaired) electrons. The molecule has 0 unspecified atom stereocenters. The Balaban J connectivity index is 4.06. The molecule has 0 fully saturated rings. The first kappa shape index (κ1) is 13.8. The highest BCUT2D eigenvalue weighted by Gasteiger charge is 2.24. The number of rotatable bonds is 5. The van der Waals surface area contributed by atoms with Gasteiger partial charge in [-0.2, -0.15) is 5.26 Å². The molecule has 0 aliphatic carbocycles. The Morgan fingerprint density at radius 1 is 1.40 bits per heavy atom. The SMILES string of the molecule is CC(C)(C)C(=O)CC(=O)C[C@H](O)CC#N. The molecule has 15 heavy (non-hydrogen) atoms. The molecule has 4 heteroatoms. The fourth-order valence-electron chi connectivity index (χ4n) is 0.957. The molecule has 0 saturated carbocycles. The van der Waals surface area contributed by atoms with Crippen molar-refractivity contribution in [3.63, 3.8) is 0 Å². The third-order valence-electron chi connectivity index (χ3n) is 1.98. The van der Waals surface area contributed by atoms with Crippen LogP contribution in [0.15, 0.2) is 0 Å². The molecule has 0 aromatic carbocycles. The number of aliphatic hydroxyl groups is 1. The Kier molecular flexibility index (Phi) is 5.16. The van der Waals surface area contributed by atoms with E-state index in [4.69, 9.17) is 5.26 Å². The number of carbonyl (C=O) groups excluding carboxylic acids is 2. The van der Waals surface area contributed by atoms with Crippen LogP contribution in [0.3, 0.4) is 0 Å². The number of hydrogen-bond donors (Lipinski definition) is 1. The van der Waals surface area contributed by atoms with Crippen LogP contribution in [0.25, 0.3) is 0 Å². The summed E-state index contributed by atoms with van der Waals surface area (Å²) >= 11 is 0. The van der Waals surface area contributed by atoms with Crippen molar-refractivity contribution in [1.82, 2.24) is 0 Å². The summed E-state index contributed by atoms with van der Waals surface area (Å²) in [5, 5.41) is 17.5. The van der Waals surface area contributed by atoms with E-state index in [1.54, 1.807) is 26.8 Å². The highest BCUT2D eigenvalue weighted by atomic mass is 16.3. The minimum absolute atomic E-state index is 0.0740. The van der Waals surface area contributed by atoms with Crippen LogP contribution in [-0.4, -0.2) is 22.8 Å². The number of Topliss-reactive ketones (excluding diaryl/α,β-unsaturated/α-hetero) is 2. The molecule has 0 heterocycles. The van der Waals surface area contributed by atoms with Crippen molar-refractivity contribution < 1.29 is 14.7 Å². The molecule has 0 rings (SSSR count). The maximum Gasteiger partial charge on any atom is 0.145 e. The molecule has 1 N–H and O–H groups in total. The van der Waals surface area contributed by atoms with Crippen LogP contribution in [0.2, 0.25) is 0 Å². The van der Waals surface area contributed by atoms with Gasteiger partial charge in [-0.15, -0.1) is 0 Å². The second kappa shape index (κ2) is 5.62. The van der Waals surface area contributed by atoms with Crippen LogP contribution in [-0.2, 0) is 9.59 Å². The Labute approximate surface area is 89.9 Å². The zero-order valence-corrected chi connectivity index (χ0v) is 9.41. The van der Waals surface area contributed by atoms with E-state index in [-0.39, 0.29) is 30.8 Å². The second-order valence-corrected chi connectivity index (χ2v) is 4.61. The van der Waals surface area contributed by atoms with Crippen molar-refractivity contribution >= 4 is 11.6 Å². The fourth-order valence-corrected chi connectivity index (χ4v) is 0.957. The second-order valence-electron chi connectivity index (χ2n) is 4.61. The first-order chi connectivity index (χ1) is 6.77. The van der Waals surface area contributed by atoms with Crippen molar-refractivity contribution in [2.24, 2.45) is 5.41 Å². The van der Waals surface area contributed by atoms with Gasteiger partial charge in [0.1, 0.15) is 11.6 Å². The maximum atomic E-state index is 11.4. The molecule has 0 aliphatic rings. The van der Waals surface area contributed by atoms with Gasteiger partial charge in [-0.05, 0) is 0 Å². The summed E-state index contributed by atoms with van der Waals surface area (Å²) in [6.45, 7) is 5.23. The summed E-state index contributed by atoms with van der Waals surface area (Å²) in [4.78, 5) is 22.7. The van der Waals surface area contributed by atoms with Crippen LogP contribution in [0.5, 0.6) is 0 Å². The summed E-state index contributed by atoms with van der Waals surface area (Å²) < 4.78 is 0. The minimum atomic E-state index is -0.949. The number of hydrogen-bond acceptors (Lipinski definition) is 4. The Morgan fingerprint density at radius 3 is 2.33 bits per heavy atom. The molecule has 4 nitrogen and oxygen atoms in total. The van der Waals surface area contributed by atoms with Gasteiger partial charge in [0.25, 0.3) is 0 Å². The van der Waals surface area contributed by atoms with Crippen LogP contribution in [0.1, 0.15) is 40.0 Å². The third kappa shape index (κ3) is 5.97. The molecule has 0 bridgehead atoms. The Hall–Kier alpha value is -1.21.